The van der Waals surface area contributed by atoms with Crippen LogP contribution in [0.5, 0.6) is 5.75 Å². The smallest absolute Gasteiger partial charge is 0.337 e. The average Bonchev–Trinajstić information content (AvgIpc) is 3.25. The van der Waals surface area contributed by atoms with Gasteiger partial charge in [0.05, 0.1) is 23.4 Å². The minimum atomic E-state index is -1.16. The van der Waals surface area contributed by atoms with Gasteiger partial charge in [0.1, 0.15) is 22.8 Å². The summed E-state index contributed by atoms with van der Waals surface area (Å²) in [6, 6.07) is 12.7. The number of carboxylic acids is 1. The molecule has 2 N–H and O–H groups in total. The first-order valence-corrected chi connectivity index (χ1v) is 9.85. The number of hydrogen-bond acceptors (Lipinski definition) is 6. The first-order valence-electron chi connectivity index (χ1n) is 9.47. The Morgan fingerprint density at radius 1 is 1.09 bits per heavy atom. The van der Waals surface area contributed by atoms with Crippen LogP contribution in [0.25, 0.3) is 17.4 Å². The molecule has 0 aliphatic carbocycles. The number of rotatable bonds is 5. The van der Waals surface area contributed by atoms with Crippen molar-refractivity contribution in [2.75, 3.05) is 12.0 Å². The van der Waals surface area contributed by atoms with Crippen LogP contribution in [0.4, 0.5) is 10.5 Å². The molecule has 33 heavy (non-hydrogen) atoms. The summed E-state index contributed by atoms with van der Waals surface area (Å²) in [7, 11) is 1.49. The number of halogens is 1. The van der Waals surface area contributed by atoms with E-state index in [-0.39, 0.29) is 27.6 Å². The van der Waals surface area contributed by atoms with Gasteiger partial charge in [-0.05, 0) is 54.6 Å². The third-order valence-electron chi connectivity index (χ3n) is 4.83. The van der Waals surface area contributed by atoms with Gasteiger partial charge in [-0.3, -0.25) is 14.9 Å². The van der Waals surface area contributed by atoms with Crippen LogP contribution in [0, 0.1) is 0 Å². The van der Waals surface area contributed by atoms with Gasteiger partial charge in [0.15, 0.2) is 0 Å². The maximum atomic E-state index is 13.0. The maximum absolute atomic E-state index is 13.0. The van der Waals surface area contributed by atoms with Gasteiger partial charge in [0.2, 0.25) is 0 Å². The van der Waals surface area contributed by atoms with Crippen molar-refractivity contribution in [1.82, 2.24) is 5.32 Å². The molecule has 10 heteroatoms. The van der Waals surface area contributed by atoms with Crippen molar-refractivity contribution in [1.29, 1.82) is 0 Å². The number of urea groups is 1. The molecule has 2 aromatic carbocycles. The summed E-state index contributed by atoms with van der Waals surface area (Å²) in [6.07, 6.45) is 1.22. The Morgan fingerprint density at radius 2 is 1.82 bits per heavy atom. The number of barbiturate groups is 1. The first kappa shape index (κ1) is 21.8. The lowest BCUT2D eigenvalue weighted by atomic mass is 10.1. The van der Waals surface area contributed by atoms with E-state index >= 15 is 0 Å². The van der Waals surface area contributed by atoms with E-state index in [2.05, 4.69) is 5.32 Å². The van der Waals surface area contributed by atoms with E-state index in [0.717, 1.165) is 4.90 Å². The number of benzene rings is 2. The van der Waals surface area contributed by atoms with E-state index in [1.54, 1.807) is 18.2 Å². The molecule has 0 atom stereocenters. The number of methoxy groups -OCH3 is 1. The summed E-state index contributed by atoms with van der Waals surface area (Å²) in [6.45, 7) is 0. The van der Waals surface area contributed by atoms with Crippen molar-refractivity contribution in [3.8, 4) is 17.1 Å². The number of nitrogens with one attached hydrogen (secondary N) is 1. The van der Waals surface area contributed by atoms with Crippen LogP contribution in [0.15, 0.2) is 64.6 Å². The van der Waals surface area contributed by atoms with Crippen molar-refractivity contribution in [2.45, 2.75) is 0 Å². The van der Waals surface area contributed by atoms with Crippen LogP contribution >= 0.6 is 11.6 Å². The fraction of sp³-hybridized carbons (Fsp3) is 0.0435. The summed E-state index contributed by atoms with van der Waals surface area (Å²) in [5.74, 6) is -1.79. The minimum absolute atomic E-state index is 0.0341. The highest BCUT2D eigenvalue weighted by molar-refractivity contribution is 6.39. The second-order valence-corrected chi connectivity index (χ2v) is 7.26. The third-order valence-corrected chi connectivity index (χ3v) is 5.14. The first-order chi connectivity index (χ1) is 15.8. The van der Waals surface area contributed by atoms with Gasteiger partial charge in [-0.25, -0.2) is 14.5 Å². The standard InChI is InChI=1S/C23H15ClN2O7/c1-32-14-5-3-13(4-6-14)26-21(28)17(20(27)25-23(26)31)11-15-7-9-19(33-15)12-2-8-16(22(29)30)18(24)10-12/h2-11H,1H3,(H,29,30)(H,25,27,31)/b17-11-. The number of amides is 4. The van der Waals surface area contributed by atoms with Gasteiger partial charge in [0, 0.05) is 5.56 Å². The number of carbonyl (C=O) groups is 4. The largest absolute Gasteiger partial charge is 0.497 e. The van der Waals surface area contributed by atoms with Crippen LogP contribution in [-0.2, 0) is 9.59 Å². The second-order valence-electron chi connectivity index (χ2n) is 6.86. The molecule has 2 heterocycles. The molecule has 166 valence electrons. The molecule has 0 saturated carbocycles. The summed E-state index contributed by atoms with van der Waals surface area (Å²) < 4.78 is 10.8. The molecule has 0 spiro atoms. The Kier molecular flexibility index (Phi) is 5.72. The molecule has 1 aromatic heterocycles. The van der Waals surface area contributed by atoms with Gasteiger partial charge in [-0.15, -0.1) is 0 Å². The van der Waals surface area contributed by atoms with Gasteiger partial charge < -0.3 is 14.3 Å². The summed E-state index contributed by atoms with van der Waals surface area (Å²) >= 11 is 6.00. The Morgan fingerprint density at radius 3 is 2.45 bits per heavy atom. The molecular formula is C23H15ClN2O7. The lowest BCUT2D eigenvalue weighted by molar-refractivity contribution is -0.122. The highest BCUT2D eigenvalue weighted by atomic mass is 35.5. The van der Waals surface area contributed by atoms with Crippen LogP contribution < -0.4 is 15.0 Å². The Hall–Kier alpha value is -4.37. The monoisotopic (exact) mass is 466 g/mol. The molecule has 1 saturated heterocycles. The van der Waals surface area contributed by atoms with E-state index in [4.69, 9.17) is 25.9 Å². The van der Waals surface area contributed by atoms with Crippen LogP contribution in [0.3, 0.4) is 0 Å². The Bertz CT molecular complexity index is 1320. The highest BCUT2D eigenvalue weighted by Gasteiger charge is 2.37. The van der Waals surface area contributed by atoms with Crippen molar-refractivity contribution in [3.63, 3.8) is 0 Å². The predicted octanol–water partition coefficient (Wildman–Crippen LogP) is 3.97. The van der Waals surface area contributed by atoms with E-state index in [9.17, 15) is 19.2 Å². The van der Waals surface area contributed by atoms with Gasteiger partial charge in [0.25, 0.3) is 11.8 Å². The fourth-order valence-corrected chi connectivity index (χ4v) is 3.45. The molecular weight excluding hydrogens is 452 g/mol. The van der Waals surface area contributed by atoms with Crippen molar-refractivity contribution < 1.29 is 33.4 Å². The SMILES string of the molecule is COc1ccc(N2C(=O)NC(=O)/C(=C/c3ccc(-c4ccc(C(=O)O)c(Cl)c4)o3)C2=O)cc1. The number of imide groups is 2. The van der Waals surface area contributed by atoms with Gasteiger partial charge in [-0.2, -0.15) is 0 Å². The number of anilines is 1. The summed E-state index contributed by atoms with van der Waals surface area (Å²) in [5, 5.41) is 11.3. The second kappa shape index (κ2) is 8.64. The third kappa shape index (κ3) is 4.21. The normalized spacial score (nSPS) is 15.0. The zero-order valence-electron chi connectivity index (χ0n) is 17.0. The lowest BCUT2D eigenvalue weighted by Gasteiger charge is -2.26. The van der Waals surface area contributed by atoms with Crippen molar-refractivity contribution in [2.24, 2.45) is 0 Å². The zero-order chi connectivity index (χ0) is 23.7. The predicted molar refractivity (Wildman–Crippen MR) is 118 cm³/mol. The molecule has 4 rings (SSSR count). The van der Waals surface area contributed by atoms with E-state index in [1.807, 2.05) is 0 Å². The van der Waals surface area contributed by atoms with E-state index < -0.39 is 23.8 Å². The average molecular weight is 467 g/mol. The number of nitrogens with zero attached hydrogens (tertiary/aromatic N) is 1. The Labute approximate surface area is 191 Å². The van der Waals surface area contributed by atoms with E-state index in [1.165, 1.54) is 49.6 Å². The fourth-order valence-electron chi connectivity index (χ4n) is 3.19. The van der Waals surface area contributed by atoms with E-state index in [0.29, 0.717) is 17.1 Å². The zero-order valence-corrected chi connectivity index (χ0v) is 17.8. The molecule has 1 fully saturated rings. The number of furan rings is 1. The molecule has 4 amide bonds. The number of ether oxygens (including phenoxy) is 1. The van der Waals surface area contributed by atoms with Gasteiger partial charge >= 0.3 is 12.0 Å². The Balaban J connectivity index is 1.64. The maximum Gasteiger partial charge on any atom is 0.337 e. The number of carbonyl (C=O) groups excluding carboxylic acids is 3. The summed E-state index contributed by atoms with van der Waals surface area (Å²) in [5.41, 5.74) is 0.404. The minimum Gasteiger partial charge on any atom is -0.497 e. The highest BCUT2D eigenvalue weighted by Crippen LogP contribution is 2.29. The lowest BCUT2D eigenvalue weighted by Crippen LogP contribution is -2.54. The molecule has 9 nitrogen and oxygen atoms in total. The molecule has 1 aliphatic rings. The number of hydrogen-bond donors (Lipinski definition) is 2. The van der Waals surface area contributed by atoms with Crippen molar-refractivity contribution in [3.05, 3.63) is 76.5 Å². The molecule has 3 aromatic rings. The molecule has 0 bridgehead atoms. The molecule has 0 radical (unpaired) electrons. The quantitative estimate of drug-likeness (QED) is 0.430. The number of carboxylic acid groups (broad SMARTS) is 1. The molecule has 0 unspecified atom stereocenters. The topological polar surface area (TPSA) is 126 Å². The summed E-state index contributed by atoms with van der Waals surface area (Å²) in [4.78, 5) is 49.6. The number of aromatic carboxylic acids is 1. The van der Waals surface area contributed by atoms with Gasteiger partial charge in [-0.1, -0.05) is 17.7 Å². The van der Waals surface area contributed by atoms with Crippen LogP contribution in [0.1, 0.15) is 16.1 Å². The van der Waals surface area contributed by atoms with Crippen molar-refractivity contribution >= 4 is 47.2 Å². The van der Waals surface area contributed by atoms with Crippen LogP contribution in [-0.4, -0.2) is 36.0 Å². The van der Waals surface area contributed by atoms with Crippen LogP contribution in [0.2, 0.25) is 5.02 Å². The molecule has 1 aliphatic heterocycles.